The van der Waals surface area contributed by atoms with Gasteiger partial charge >= 0.3 is 0 Å². The van der Waals surface area contributed by atoms with Gasteiger partial charge in [0.25, 0.3) is 0 Å². The topological polar surface area (TPSA) is 0 Å². The van der Waals surface area contributed by atoms with Gasteiger partial charge in [-0.05, 0) is 25.2 Å². The average Bonchev–Trinajstić information content (AvgIpc) is 2.28. The fourth-order valence-electron chi connectivity index (χ4n) is 2.06. The van der Waals surface area contributed by atoms with Crippen LogP contribution in [-0.4, -0.2) is 8.41 Å². The van der Waals surface area contributed by atoms with E-state index in [1.54, 1.807) is 5.57 Å². The van der Waals surface area contributed by atoms with Crippen molar-refractivity contribution < 1.29 is 0 Å². The van der Waals surface area contributed by atoms with Crippen molar-refractivity contribution in [3.63, 3.8) is 0 Å². The second-order valence-electron chi connectivity index (χ2n) is 4.21. The number of allylic oxidation sites excluding steroid dienone is 4. The fraction of sp³-hybridized carbons (Fsp3) is 0.636. The molecule has 0 amide bonds. The summed E-state index contributed by atoms with van der Waals surface area (Å²) < 4.78 is 0. The van der Waals surface area contributed by atoms with Gasteiger partial charge in [0.05, 0.1) is 0 Å². The Labute approximate surface area is 77.3 Å². The highest BCUT2D eigenvalue weighted by atomic mass is 14.4. The van der Waals surface area contributed by atoms with Crippen LogP contribution in [0.25, 0.3) is 0 Å². The first-order valence-corrected chi connectivity index (χ1v) is 4.61. The Morgan fingerprint density at radius 2 is 2.08 bits per heavy atom. The van der Waals surface area contributed by atoms with Crippen molar-refractivity contribution in [1.82, 2.24) is 0 Å². The molecule has 12 heavy (non-hydrogen) atoms. The lowest BCUT2D eigenvalue weighted by Gasteiger charge is -2.28. The molecule has 0 fully saturated rings. The Hall–Kier alpha value is -0.455. The summed E-state index contributed by atoms with van der Waals surface area (Å²) in [5.41, 5.74) is 2.20. The van der Waals surface area contributed by atoms with E-state index in [1.165, 1.54) is 19.3 Å². The predicted molar refractivity (Wildman–Crippen MR) is 54.1 cm³/mol. The van der Waals surface area contributed by atoms with E-state index in [4.69, 9.17) is 0 Å². The molecule has 0 saturated heterocycles. The largest absolute Gasteiger partial charge is 0.0865 e. The Morgan fingerprint density at radius 3 is 2.33 bits per heavy atom. The predicted octanol–water partition coefficient (Wildman–Crippen LogP) is 2.93. The third-order valence-electron chi connectivity index (χ3n) is 3.04. The van der Waals surface area contributed by atoms with Crippen LogP contribution in [0.15, 0.2) is 23.8 Å². The van der Waals surface area contributed by atoms with Crippen LogP contribution >= 0.6 is 0 Å². The summed E-state index contributed by atoms with van der Waals surface area (Å²) in [6.07, 6.45) is 11.2. The van der Waals surface area contributed by atoms with E-state index in [2.05, 4.69) is 32.1 Å². The van der Waals surface area contributed by atoms with Crippen LogP contribution in [0.1, 0.15) is 33.1 Å². The summed E-state index contributed by atoms with van der Waals surface area (Å²) in [5.74, 6) is 0.767. The molecule has 2 aliphatic carbocycles. The molecule has 0 N–H and O–H groups in total. The number of hydrogen-bond donors (Lipinski definition) is 0. The van der Waals surface area contributed by atoms with Gasteiger partial charge in [-0.1, -0.05) is 37.6 Å². The Balaban J connectivity index is 0.000000720. The van der Waals surface area contributed by atoms with Gasteiger partial charge in [-0.3, -0.25) is 0 Å². The van der Waals surface area contributed by atoms with E-state index in [-0.39, 0.29) is 8.41 Å². The molecule has 3 radical (unpaired) electrons. The zero-order chi connectivity index (χ0) is 7.90. The summed E-state index contributed by atoms with van der Waals surface area (Å²) >= 11 is 0. The van der Waals surface area contributed by atoms with Crippen LogP contribution in [0, 0.1) is 11.3 Å². The zero-order valence-electron chi connectivity index (χ0n) is 8.01. The summed E-state index contributed by atoms with van der Waals surface area (Å²) in [6.45, 7) is 4.60. The van der Waals surface area contributed by atoms with Gasteiger partial charge in [0.1, 0.15) is 0 Å². The Kier molecular flexibility index (Phi) is 2.50. The van der Waals surface area contributed by atoms with Crippen molar-refractivity contribution >= 4 is 8.41 Å². The molecule has 1 atom stereocenters. The first-order chi connectivity index (χ1) is 5.22. The number of rotatable bonds is 1. The van der Waals surface area contributed by atoms with Crippen molar-refractivity contribution in [1.29, 1.82) is 0 Å². The van der Waals surface area contributed by atoms with E-state index >= 15 is 0 Å². The minimum absolute atomic E-state index is 0. The van der Waals surface area contributed by atoms with Gasteiger partial charge in [0.15, 0.2) is 0 Å². The molecule has 0 aromatic rings. The molecular formula is C11H16B. The summed E-state index contributed by atoms with van der Waals surface area (Å²) in [5, 5.41) is 0. The molecule has 2 aliphatic rings. The van der Waals surface area contributed by atoms with Crippen molar-refractivity contribution in [3.05, 3.63) is 23.8 Å². The third kappa shape index (κ3) is 1.37. The molecule has 0 nitrogen and oxygen atoms in total. The van der Waals surface area contributed by atoms with Gasteiger partial charge < -0.3 is 0 Å². The highest BCUT2D eigenvalue weighted by molar-refractivity contribution is 5.75. The molecule has 1 unspecified atom stereocenters. The molecule has 63 valence electrons. The summed E-state index contributed by atoms with van der Waals surface area (Å²) in [7, 11) is 0. The second-order valence-corrected chi connectivity index (χ2v) is 4.21. The quantitative estimate of drug-likeness (QED) is 0.407. The van der Waals surface area contributed by atoms with Crippen molar-refractivity contribution in [2.75, 3.05) is 0 Å². The SMILES string of the molecule is CC(C)C1=CC2(C=CC2)CC1.[B]. The first-order valence-electron chi connectivity index (χ1n) is 4.61. The van der Waals surface area contributed by atoms with Gasteiger partial charge in [0, 0.05) is 13.8 Å². The van der Waals surface area contributed by atoms with E-state index in [0.29, 0.717) is 5.41 Å². The maximum absolute atomic E-state index is 2.51. The molecule has 0 saturated carbocycles. The maximum atomic E-state index is 2.51. The fourth-order valence-corrected chi connectivity index (χ4v) is 2.06. The molecule has 0 heterocycles. The van der Waals surface area contributed by atoms with Gasteiger partial charge in [-0.25, -0.2) is 0 Å². The normalized spacial score (nSPS) is 31.8. The molecule has 1 spiro atoms. The van der Waals surface area contributed by atoms with Crippen molar-refractivity contribution in [2.24, 2.45) is 11.3 Å². The molecular weight excluding hydrogens is 143 g/mol. The van der Waals surface area contributed by atoms with Crippen molar-refractivity contribution in [3.8, 4) is 0 Å². The first kappa shape index (κ1) is 9.63. The Morgan fingerprint density at radius 1 is 1.42 bits per heavy atom. The molecule has 0 aromatic heterocycles. The van der Waals surface area contributed by atoms with Gasteiger partial charge in [0.2, 0.25) is 0 Å². The van der Waals surface area contributed by atoms with Gasteiger partial charge in [-0.2, -0.15) is 0 Å². The maximum Gasteiger partial charge on any atom is 0.0101 e. The van der Waals surface area contributed by atoms with E-state index in [0.717, 1.165) is 5.92 Å². The minimum atomic E-state index is 0. The summed E-state index contributed by atoms with van der Waals surface area (Å²) in [4.78, 5) is 0. The monoisotopic (exact) mass is 159 g/mol. The highest BCUT2D eigenvalue weighted by Gasteiger charge is 2.33. The Bertz CT molecular complexity index is 225. The lowest BCUT2D eigenvalue weighted by molar-refractivity contribution is 0.445. The zero-order valence-corrected chi connectivity index (χ0v) is 8.01. The molecule has 2 rings (SSSR count). The van der Waals surface area contributed by atoms with E-state index < -0.39 is 0 Å². The average molecular weight is 159 g/mol. The van der Waals surface area contributed by atoms with E-state index in [1.807, 2.05) is 0 Å². The second kappa shape index (κ2) is 3.12. The van der Waals surface area contributed by atoms with Crippen LogP contribution in [0.4, 0.5) is 0 Å². The summed E-state index contributed by atoms with van der Waals surface area (Å²) in [6, 6.07) is 0. The molecule has 0 aromatic carbocycles. The smallest absolute Gasteiger partial charge is 0.0101 e. The van der Waals surface area contributed by atoms with Crippen LogP contribution in [0.5, 0.6) is 0 Å². The third-order valence-corrected chi connectivity index (χ3v) is 3.04. The lowest BCUT2D eigenvalue weighted by atomic mass is 9.76. The van der Waals surface area contributed by atoms with Crippen LogP contribution < -0.4 is 0 Å². The highest BCUT2D eigenvalue weighted by Crippen LogP contribution is 2.47. The minimum Gasteiger partial charge on any atom is -0.0865 e. The van der Waals surface area contributed by atoms with E-state index in [9.17, 15) is 0 Å². The molecule has 0 aliphatic heterocycles. The van der Waals surface area contributed by atoms with Crippen molar-refractivity contribution in [2.45, 2.75) is 33.1 Å². The van der Waals surface area contributed by atoms with Crippen LogP contribution in [-0.2, 0) is 0 Å². The lowest BCUT2D eigenvalue weighted by Crippen LogP contribution is -2.16. The standard InChI is InChI=1S/C11H16.B/c1-9(2)10-4-7-11(8-10)5-3-6-11;/h3,5,8-9H,4,6-7H2,1-2H3;. The number of hydrogen-bond acceptors (Lipinski definition) is 0. The van der Waals surface area contributed by atoms with Crippen LogP contribution in [0.3, 0.4) is 0 Å². The van der Waals surface area contributed by atoms with Crippen LogP contribution in [0.2, 0.25) is 0 Å². The van der Waals surface area contributed by atoms with Gasteiger partial charge in [-0.15, -0.1) is 0 Å². The molecule has 0 bridgehead atoms. The molecule has 1 heteroatoms.